The number of aliphatic imine (C=N–C) groups is 1. The fourth-order valence-electron chi connectivity index (χ4n) is 0.973. The third-order valence-electron chi connectivity index (χ3n) is 1.47. The van der Waals surface area contributed by atoms with Gasteiger partial charge in [0.25, 0.3) is 5.56 Å². The molecule has 0 spiro atoms. The molecule has 1 aromatic rings. The van der Waals surface area contributed by atoms with Gasteiger partial charge in [-0.25, -0.2) is 9.98 Å². The van der Waals surface area contributed by atoms with Crippen LogP contribution in [-0.2, 0) is 6.42 Å². The number of H-pyrrole nitrogens is 1. The van der Waals surface area contributed by atoms with Crippen molar-refractivity contribution >= 4 is 28.0 Å². The van der Waals surface area contributed by atoms with Crippen molar-refractivity contribution in [3.63, 3.8) is 0 Å². The minimum Gasteiger partial charge on any atom is -0.301 e. The number of rotatable bonds is 0. The van der Waals surface area contributed by atoms with Crippen LogP contribution in [0.4, 0.5) is 5.82 Å². The normalized spacial score (nSPS) is 13.5. The molecule has 0 fully saturated rings. The molecule has 2 rings (SSSR count). The van der Waals surface area contributed by atoms with Gasteiger partial charge in [-0.3, -0.25) is 4.79 Å². The molecule has 0 saturated heterocycles. The Morgan fingerprint density at radius 3 is 3.27 bits per heavy atom. The first kappa shape index (κ1) is 6.72. The van der Waals surface area contributed by atoms with Crippen molar-refractivity contribution in [2.75, 3.05) is 0 Å². The van der Waals surface area contributed by atoms with Crippen LogP contribution in [0.2, 0.25) is 0 Å². The van der Waals surface area contributed by atoms with Gasteiger partial charge in [-0.1, -0.05) is 0 Å². The minimum absolute atomic E-state index is 0.112. The maximum absolute atomic E-state index is 11.1. The lowest BCUT2D eigenvalue weighted by Crippen LogP contribution is -2.12. The molecule has 2 heterocycles. The maximum Gasteiger partial charge on any atom is 0.257 e. The van der Waals surface area contributed by atoms with Gasteiger partial charge in [-0.2, -0.15) is 0 Å². The Morgan fingerprint density at radius 1 is 1.64 bits per heavy atom. The second-order valence-corrected chi connectivity index (χ2v) is 2.93. The summed E-state index contributed by atoms with van der Waals surface area (Å²) in [5.74, 6) is 0.528. The molecule has 1 aliphatic heterocycles. The highest BCUT2D eigenvalue weighted by atomic mass is 79.9. The Kier molecular flexibility index (Phi) is 1.38. The maximum atomic E-state index is 11.1. The van der Waals surface area contributed by atoms with E-state index >= 15 is 0 Å². The number of halogens is 1. The molecule has 0 saturated carbocycles. The second kappa shape index (κ2) is 2.27. The highest BCUT2D eigenvalue weighted by molar-refractivity contribution is 9.10. The zero-order chi connectivity index (χ0) is 7.84. The number of hydrogen-bond acceptors (Lipinski definition) is 3. The van der Waals surface area contributed by atoms with Crippen molar-refractivity contribution in [3.05, 3.63) is 20.7 Å². The number of nitrogens with zero attached hydrogens (tertiary/aromatic N) is 2. The van der Waals surface area contributed by atoms with Crippen LogP contribution in [0.5, 0.6) is 0 Å². The topological polar surface area (TPSA) is 58.1 Å². The second-order valence-electron chi connectivity index (χ2n) is 2.17. The number of fused-ring (bicyclic) bond motifs is 1. The molecule has 0 aromatic carbocycles. The van der Waals surface area contributed by atoms with Gasteiger partial charge in [0.15, 0.2) is 10.6 Å². The Balaban J connectivity index is 2.76. The molecule has 0 aliphatic carbocycles. The number of nitrogens with one attached hydrogen (secondary N) is 1. The van der Waals surface area contributed by atoms with Gasteiger partial charge < -0.3 is 4.98 Å². The lowest BCUT2D eigenvalue weighted by molar-refractivity contribution is 1.03. The molecule has 11 heavy (non-hydrogen) atoms. The Labute approximate surface area is 70.5 Å². The smallest absolute Gasteiger partial charge is 0.257 e. The van der Waals surface area contributed by atoms with Gasteiger partial charge in [0.05, 0.1) is 5.56 Å². The third kappa shape index (κ3) is 1.01. The van der Waals surface area contributed by atoms with Crippen molar-refractivity contribution < 1.29 is 0 Å². The summed E-state index contributed by atoms with van der Waals surface area (Å²) in [7, 11) is 0. The predicted molar refractivity (Wildman–Crippen MR) is 44.4 cm³/mol. The molecule has 1 aliphatic rings. The highest BCUT2D eigenvalue weighted by Crippen LogP contribution is 2.17. The first-order valence-electron chi connectivity index (χ1n) is 3.08. The van der Waals surface area contributed by atoms with E-state index in [0.29, 0.717) is 22.5 Å². The fraction of sp³-hybridized carbons (Fsp3) is 0.167. The van der Waals surface area contributed by atoms with Gasteiger partial charge in [0.1, 0.15) is 0 Å². The first-order chi connectivity index (χ1) is 5.27. The monoisotopic (exact) mass is 213 g/mol. The molecule has 0 atom stereocenters. The summed E-state index contributed by atoms with van der Waals surface area (Å²) in [5.41, 5.74) is 0.535. The number of aromatic amines is 1. The van der Waals surface area contributed by atoms with Crippen LogP contribution in [-0.4, -0.2) is 16.2 Å². The van der Waals surface area contributed by atoms with Crippen LogP contribution < -0.4 is 5.56 Å². The molecule has 0 bridgehead atoms. The average molecular weight is 214 g/mol. The highest BCUT2D eigenvalue weighted by Gasteiger charge is 2.12. The summed E-state index contributed by atoms with van der Waals surface area (Å²) in [6.45, 7) is 0. The van der Waals surface area contributed by atoms with E-state index in [-0.39, 0.29) is 5.56 Å². The Hall–Kier alpha value is -0.970. The van der Waals surface area contributed by atoms with Crippen molar-refractivity contribution in [2.24, 2.45) is 4.99 Å². The average Bonchev–Trinajstić information content (AvgIpc) is 2.34. The molecular formula is C6H4BrN3O. The zero-order valence-electron chi connectivity index (χ0n) is 5.47. The van der Waals surface area contributed by atoms with Gasteiger partial charge in [-0.05, 0) is 15.9 Å². The van der Waals surface area contributed by atoms with E-state index in [0.717, 1.165) is 0 Å². The summed E-state index contributed by atoms with van der Waals surface area (Å²) >= 11 is 3.08. The molecule has 1 N–H and O–H groups in total. The van der Waals surface area contributed by atoms with Crippen LogP contribution in [0.25, 0.3) is 0 Å². The molecule has 0 unspecified atom stereocenters. The summed E-state index contributed by atoms with van der Waals surface area (Å²) in [5, 5.41) is 0. The molecule has 4 nitrogen and oxygen atoms in total. The molecule has 1 aromatic heterocycles. The van der Waals surface area contributed by atoms with Crippen LogP contribution in [0.15, 0.2) is 14.5 Å². The zero-order valence-corrected chi connectivity index (χ0v) is 7.05. The lowest BCUT2D eigenvalue weighted by Gasteiger charge is -1.94. The van der Waals surface area contributed by atoms with E-state index in [9.17, 15) is 4.79 Å². The van der Waals surface area contributed by atoms with E-state index in [4.69, 9.17) is 0 Å². The standard InChI is InChI=1S/C6H4BrN3O/c7-6-9-4-3(1-2-8-4)5(11)10-6/h2H,1H2,(H,9,10,11). The lowest BCUT2D eigenvalue weighted by atomic mass is 10.3. The first-order valence-corrected chi connectivity index (χ1v) is 3.88. The molecule has 56 valence electrons. The molecule has 5 heteroatoms. The van der Waals surface area contributed by atoms with Crippen molar-refractivity contribution in [2.45, 2.75) is 6.42 Å². The van der Waals surface area contributed by atoms with Crippen LogP contribution in [0, 0.1) is 0 Å². The summed E-state index contributed by atoms with van der Waals surface area (Å²) < 4.78 is 0.431. The molecule has 0 amide bonds. The molecular weight excluding hydrogens is 210 g/mol. The van der Waals surface area contributed by atoms with E-state index in [1.54, 1.807) is 6.21 Å². The minimum atomic E-state index is -0.112. The van der Waals surface area contributed by atoms with Gasteiger partial charge >= 0.3 is 0 Å². The van der Waals surface area contributed by atoms with Crippen LogP contribution in [0.1, 0.15) is 5.56 Å². The summed E-state index contributed by atoms with van der Waals surface area (Å²) in [6, 6.07) is 0. The van der Waals surface area contributed by atoms with Gasteiger partial charge in [0.2, 0.25) is 0 Å². The van der Waals surface area contributed by atoms with E-state index in [2.05, 4.69) is 30.9 Å². The Morgan fingerprint density at radius 2 is 2.45 bits per heavy atom. The Bertz CT molecular complexity index is 382. The molecule has 0 radical (unpaired) electrons. The van der Waals surface area contributed by atoms with Crippen molar-refractivity contribution in [1.29, 1.82) is 0 Å². The van der Waals surface area contributed by atoms with Crippen LogP contribution >= 0.6 is 15.9 Å². The summed E-state index contributed by atoms with van der Waals surface area (Å²) in [4.78, 5) is 21.6. The van der Waals surface area contributed by atoms with Crippen LogP contribution in [0.3, 0.4) is 0 Å². The number of aromatic nitrogens is 2. The third-order valence-corrected chi connectivity index (χ3v) is 1.85. The van der Waals surface area contributed by atoms with E-state index in [1.807, 2.05) is 0 Å². The predicted octanol–water partition coefficient (Wildman–Crippen LogP) is 0.791. The largest absolute Gasteiger partial charge is 0.301 e. The van der Waals surface area contributed by atoms with Gasteiger partial charge in [-0.15, -0.1) is 0 Å². The fourth-order valence-corrected chi connectivity index (χ4v) is 1.32. The summed E-state index contributed by atoms with van der Waals surface area (Å²) in [6.07, 6.45) is 2.27. The quantitative estimate of drug-likeness (QED) is 0.649. The SMILES string of the molecule is O=c1[nH]c(Br)nc2c1CC=N2. The van der Waals surface area contributed by atoms with Gasteiger partial charge in [0, 0.05) is 12.6 Å². The number of hydrogen-bond donors (Lipinski definition) is 1. The van der Waals surface area contributed by atoms with Crippen molar-refractivity contribution in [3.8, 4) is 0 Å². The van der Waals surface area contributed by atoms with E-state index < -0.39 is 0 Å². The van der Waals surface area contributed by atoms with Crippen molar-refractivity contribution in [1.82, 2.24) is 9.97 Å². The van der Waals surface area contributed by atoms with E-state index in [1.165, 1.54) is 0 Å².